The van der Waals surface area contributed by atoms with E-state index in [0.717, 1.165) is 12.1 Å². The third kappa shape index (κ3) is 6.67. The maximum Gasteiger partial charge on any atom is 0.417 e. The van der Waals surface area contributed by atoms with E-state index < -0.39 is 22.8 Å². The molecule has 3 N–H and O–H groups in total. The maximum absolute atomic E-state index is 13.0. The van der Waals surface area contributed by atoms with E-state index in [1.54, 1.807) is 37.4 Å². The van der Waals surface area contributed by atoms with Gasteiger partial charge in [-0.2, -0.15) is 13.2 Å². The van der Waals surface area contributed by atoms with Gasteiger partial charge < -0.3 is 20.7 Å². The zero-order valence-electron chi connectivity index (χ0n) is 17.2. The Morgan fingerprint density at radius 2 is 1.64 bits per heavy atom. The number of nitrogens with one attached hydrogen (secondary N) is 3. The van der Waals surface area contributed by atoms with Gasteiger partial charge in [0.25, 0.3) is 0 Å². The lowest BCUT2D eigenvalue weighted by molar-refractivity contribution is -0.137. The summed E-state index contributed by atoms with van der Waals surface area (Å²) in [6.45, 7) is 0.145. The van der Waals surface area contributed by atoms with Crippen molar-refractivity contribution in [2.24, 2.45) is 0 Å². The SMILES string of the molecule is CNCC(=O)c1cc(Oc2ccc(NC(=O)Nc3ccc(Cl)c(C(F)(F)F)c3)cc2)ccn1. The van der Waals surface area contributed by atoms with Crippen LogP contribution in [-0.4, -0.2) is 30.4 Å². The predicted molar refractivity (Wildman–Crippen MR) is 118 cm³/mol. The Kier molecular flexibility index (Phi) is 7.52. The van der Waals surface area contributed by atoms with Gasteiger partial charge >= 0.3 is 12.2 Å². The molecule has 0 fully saturated rings. The molecule has 0 aliphatic carbocycles. The Bertz CT molecular complexity index is 1150. The van der Waals surface area contributed by atoms with Crippen LogP contribution in [0.25, 0.3) is 0 Å². The van der Waals surface area contributed by atoms with E-state index in [9.17, 15) is 22.8 Å². The molecule has 0 saturated carbocycles. The smallest absolute Gasteiger partial charge is 0.417 e. The minimum atomic E-state index is -4.64. The molecule has 0 spiro atoms. The summed E-state index contributed by atoms with van der Waals surface area (Å²) in [5, 5.41) is 7.14. The molecule has 3 aromatic rings. The molecule has 0 saturated heterocycles. The number of halogens is 4. The van der Waals surface area contributed by atoms with Crippen molar-refractivity contribution in [1.29, 1.82) is 0 Å². The summed E-state index contributed by atoms with van der Waals surface area (Å²) in [5.41, 5.74) is -0.474. The van der Waals surface area contributed by atoms with Crippen LogP contribution in [0, 0.1) is 0 Å². The highest BCUT2D eigenvalue weighted by Gasteiger charge is 2.33. The number of anilines is 2. The summed E-state index contributed by atoms with van der Waals surface area (Å²) in [5.74, 6) is 0.661. The first-order valence-electron chi connectivity index (χ1n) is 9.52. The molecule has 33 heavy (non-hydrogen) atoms. The fourth-order valence-corrected chi connectivity index (χ4v) is 2.96. The first-order valence-corrected chi connectivity index (χ1v) is 9.90. The lowest BCUT2D eigenvalue weighted by Crippen LogP contribution is -2.19. The van der Waals surface area contributed by atoms with Crippen LogP contribution in [0.4, 0.5) is 29.3 Å². The Hall–Kier alpha value is -3.63. The molecule has 7 nitrogen and oxygen atoms in total. The first-order chi connectivity index (χ1) is 15.7. The highest BCUT2D eigenvalue weighted by Crippen LogP contribution is 2.36. The Balaban J connectivity index is 1.61. The Morgan fingerprint density at radius 1 is 0.970 bits per heavy atom. The van der Waals surface area contributed by atoms with E-state index in [1.807, 2.05) is 0 Å². The summed E-state index contributed by atoms with van der Waals surface area (Å²) in [6.07, 6.45) is -3.18. The van der Waals surface area contributed by atoms with Crippen LogP contribution in [0.1, 0.15) is 16.1 Å². The van der Waals surface area contributed by atoms with Crippen LogP contribution >= 0.6 is 11.6 Å². The van der Waals surface area contributed by atoms with Gasteiger partial charge in [-0.3, -0.25) is 9.78 Å². The van der Waals surface area contributed by atoms with E-state index in [4.69, 9.17) is 16.3 Å². The number of likely N-dealkylation sites (N-methyl/N-ethyl adjacent to an activating group) is 1. The van der Waals surface area contributed by atoms with Crippen LogP contribution in [0.2, 0.25) is 5.02 Å². The summed E-state index contributed by atoms with van der Waals surface area (Å²) in [7, 11) is 1.66. The van der Waals surface area contributed by atoms with E-state index in [0.29, 0.717) is 17.2 Å². The number of carbonyl (C=O) groups excluding carboxylic acids is 2. The highest BCUT2D eigenvalue weighted by atomic mass is 35.5. The normalized spacial score (nSPS) is 11.1. The van der Waals surface area contributed by atoms with Crippen molar-refractivity contribution in [3.8, 4) is 11.5 Å². The first kappa shape index (κ1) is 24.0. The van der Waals surface area contributed by atoms with Crippen molar-refractivity contribution in [1.82, 2.24) is 10.3 Å². The van der Waals surface area contributed by atoms with E-state index in [-0.39, 0.29) is 23.7 Å². The summed E-state index contributed by atoms with van der Waals surface area (Å²) in [4.78, 5) is 28.1. The van der Waals surface area contributed by atoms with Crippen molar-refractivity contribution in [3.63, 3.8) is 0 Å². The van der Waals surface area contributed by atoms with Crippen LogP contribution in [0.15, 0.2) is 60.8 Å². The van der Waals surface area contributed by atoms with E-state index >= 15 is 0 Å². The van der Waals surface area contributed by atoms with Gasteiger partial charge in [-0.1, -0.05) is 11.6 Å². The van der Waals surface area contributed by atoms with Gasteiger partial charge in [-0.25, -0.2) is 4.79 Å². The van der Waals surface area contributed by atoms with Gasteiger partial charge in [0.15, 0.2) is 5.78 Å². The van der Waals surface area contributed by atoms with E-state index in [2.05, 4.69) is 20.9 Å². The Labute approximate surface area is 191 Å². The molecule has 172 valence electrons. The zero-order chi connectivity index (χ0) is 24.0. The molecule has 0 aliphatic rings. The van der Waals surface area contributed by atoms with Crippen LogP contribution < -0.4 is 20.7 Å². The minimum Gasteiger partial charge on any atom is -0.457 e. The van der Waals surface area contributed by atoms with Gasteiger partial charge in [0.2, 0.25) is 0 Å². The van der Waals surface area contributed by atoms with Crippen molar-refractivity contribution >= 4 is 34.8 Å². The molecular formula is C22H18ClF3N4O3. The van der Waals surface area contributed by atoms with Crippen LogP contribution in [-0.2, 0) is 6.18 Å². The predicted octanol–water partition coefficient (Wildman–Crippen LogP) is 5.59. The van der Waals surface area contributed by atoms with Gasteiger partial charge in [-0.15, -0.1) is 0 Å². The van der Waals surface area contributed by atoms with Gasteiger partial charge in [0.05, 0.1) is 17.1 Å². The maximum atomic E-state index is 13.0. The third-order valence-corrected chi connectivity index (χ3v) is 4.56. The lowest BCUT2D eigenvalue weighted by atomic mass is 10.2. The minimum absolute atomic E-state index is 0.0644. The van der Waals surface area contributed by atoms with Crippen molar-refractivity contribution < 1.29 is 27.5 Å². The number of carbonyl (C=O) groups is 2. The van der Waals surface area contributed by atoms with Crippen molar-refractivity contribution in [2.75, 3.05) is 24.2 Å². The van der Waals surface area contributed by atoms with Crippen LogP contribution in [0.3, 0.4) is 0 Å². The number of alkyl halides is 3. The second-order valence-corrected chi connectivity index (χ2v) is 7.14. The number of amides is 2. The second kappa shape index (κ2) is 10.3. The number of rotatable bonds is 7. The van der Waals surface area contributed by atoms with Crippen molar-refractivity contribution in [3.05, 3.63) is 77.1 Å². The number of nitrogens with zero attached hydrogens (tertiary/aromatic N) is 1. The van der Waals surface area contributed by atoms with E-state index in [1.165, 1.54) is 18.3 Å². The number of ether oxygens (including phenoxy) is 1. The fourth-order valence-electron chi connectivity index (χ4n) is 2.73. The summed E-state index contributed by atoms with van der Waals surface area (Å²) < 4.78 is 44.6. The number of benzene rings is 2. The molecular weight excluding hydrogens is 461 g/mol. The quantitative estimate of drug-likeness (QED) is 0.385. The molecule has 1 heterocycles. The van der Waals surface area contributed by atoms with Crippen molar-refractivity contribution in [2.45, 2.75) is 6.18 Å². The molecule has 0 bridgehead atoms. The largest absolute Gasteiger partial charge is 0.457 e. The summed E-state index contributed by atoms with van der Waals surface area (Å²) >= 11 is 5.57. The molecule has 0 radical (unpaired) electrons. The zero-order valence-corrected chi connectivity index (χ0v) is 17.9. The van der Waals surface area contributed by atoms with Gasteiger partial charge in [-0.05, 0) is 55.6 Å². The number of pyridine rings is 1. The molecule has 0 unspecified atom stereocenters. The average Bonchev–Trinajstić information content (AvgIpc) is 2.76. The average molecular weight is 479 g/mol. The number of hydrogen-bond donors (Lipinski definition) is 3. The number of aromatic nitrogens is 1. The molecule has 2 aromatic carbocycles. The molecule has 0 atom stereocenters. The highest BCUT2D eigenvalue weighted by molar-refractivity contribution is 6.31. The Morgan fingerprint density at radius 3 is 2.30 bits per heavy atom. The molecule has 0 aliphatic heterocycles. The molecule has 3 rings (SSSR count). The fraction of sp³-hybridized carbons (Fsp3) is 0.136. The van der Waals surface area contributed by atoms with Gasteiger partial charge in [0.1, 0.15) is 17.2 Å². The molecule has 2 amide bonds. The second-order valence-electron chi connectivity index (χ2n) is 6.73. The number of ketones is 1. The van der Waals surface area contributed by atoms with Crippen LogP contribution in [0.5, 0.6) is 11.5 Å². The summed E-state index contributed by atoms with van der Waals surface area (Å²) in [6, 6.07) is 11.7. The monoisotopic (exact) mass is 478 g/mol. The molecule has 11 heteroatoms. The third-order valence-electron chi connectivity index (χ3n) is 4.23. The number of hydrogen-bond acceptors (Lipinski definition) is 5. The molecule has 1 aromatic heterocycles. The standard InChI is InChI=1S/C22H18ClF3N4O3/c1-27-12-20(31)19-11-16(8-9-28-19)33-15-5-2-13(3-6-15)29-21(32)30-14-4-7-18(23)17(10-14)22(24,25)26/h2-11,27H,12H2,1H3,(H2,29,30,32). The number of urea groups is 1. The van der Waals surface area contributed by atoms with Gasteiger partial charge in [0, 0.05) is 23.6 Å². The topological polar surface area (TPSA) is 92.4 Å². The lowest BCUT2D eigenvalue weighted by Gasteiger charge is -2.12. The number of Topliss-reactive ketones (excluding diaryl/α,β-unsaturated/α-hetero) is 1.